The standard InChI is InChI=1S/C18H14O5/c1-22-18-16(21)14(10-12-7-8-23-17(12)18)15(20)6-5-11-3-2-4-13(19)9-11/h2-10,19,21H,1H3. The third-order valence-corrected chi connectivity index (χ3v) is 3.44. The van der Waals surface area contributed by atoms with Crippen LogP contribution in [0.25, 0.3) is 17.0 Å². The topological polar surface area (TPSA) is 79.9 Å². The third-order valence-electron chi connectivity index (χ3n) is 3.44. The first-order valence-electron chi connectivity index (χ1n) is 6.88. The molecule has 5 heteroatoms. The Morgan fingerprint density at radius 3 is 2.78 bits per heavy atom. The van der Waals surface area contributed by atoms with E-state index in [1.807, 2.05) is 0 Å². The number of hydrogen-bond acceptors (Lipinski definition) is 5. The van der Waals surface area contributed by atoms with Crippen LogP contribution in [0, 0.1) is 0 Å². The number of allylic oxidation sites excluding steroid dienone is 1. The van der Waals surface area contributed by atoms with E-state index >= 15 is 0 Å². The molecule has 0 spiro atoms. The van der Waals surface area contributed by atoms with Crippen molar-refractivity contribution in [2.45, 2.75) is 0 Å². The largest absolute Gasteiger partial charge is 0.508 e. The number of hydrogen-bond donors (Lipinski definition) is 2. The summed E-state index contributed by atoms with van der Waals surface area (Å²) in [4.78, 5) is 12.4. The van der Waals surface area contributed by atoms with Crippen molar-refractivity contribution in [3.05, 3.63) is 59.9 Å². The molecule has 0 aliphatic rings. The molecule has 1 aromatic heterocycles. The summed E-state index contributed by atoms with van der Waals surface area (Å²) in [7, 11) is 1.40. The van der Waals surface area contributed by atoms with Crippen molar-refractivity contribution >= 4 is 22.8 Å². The molecule has 0 radical (unpaired) electrons. The number of carbonyl (C=O) groups is 1. The van der Waals surface area contributed by atoms with Crippen molar-refractivity contribution in [3.63, 3.8) is 0 Å². The van der Waals surface area contributed by atoms with Crippen molar-refractivity contribution in [1.29, 1.82) is 0 Å². The molecule has 3 rings (SSSR count). The Hall–Kier alpha value is -3.21. The molecule has 2 N–H and O–H groups in total. The number of ether oxygens (including phenoxy) is 1. The number of aromatic hydroxyl groups is 2. The summed E-state index contributed by atoms with van der Waals surface area (Å²) in [6, 6.07) is 9.74. The Labute approximate surface area is 132 Å². The van der Waals surface area contributed by atoms with Gasteiger partial charge in [-0.2, -0.15) is 0 Å². The summed E-state index contributed by atoms with van der Waals surface area (Å²) in [5.74, 6) is -0.404. The first kappa shape index (κ1) is 14.7. The molecule has 23 heavy (non-hydrogen) atoms. The molecule has 5 nitrogen and oxygen atoms in total. The normalized spacial score (nSPS) is 11.2. The Morgan fingerprint density at radius 2 is 2.04 bits per heavy atom. The minimum atomic E-state index is -0.382. The fourth-order valence-electron chi connectivity index (χ4n) is 2.34. The number of carbonyl (C=O) groups excluding carboxylic acids is 1. The number of benzene rings is 2. The van der Waals surface area contributed by atoms with Gasteiger partial charge in [-0.05, 0) is 35.9 Å². The van der Waals surface area contributed by atoms with Crippen LogP contribution in [0.3, 0.4) is 0 Å². The second-order valence-corrected chi connectivity index (χ2v) is 4.94. The zero-order valence-electron chi connectivity index (χ0n) is 12.3. The lowest BCUT2D eigenvalue weighted by Gasteiger charge is -2.07. The highest BCUT2D eigenvalue weighted by atomic mass is 16.5. The predicted octanol–water partition coefficient (Wildman–Crippen LogP) is 3.75. The van der Waals surface area contributed by atoms with E-state index in [-0.39, 0.29) is 28.6 Å². The Morgan fingerprint density at radius 1 is 1.22 bits per heavy atom. The van der Waals surface area contributed by atoms with Gasteiger partial charge in [0.1, 0.15) is 5.75 Å². The SMILES string of the molecule is COc1c(O)c(C(=O)C=Cc2cccc(O)c2)cc2ccoc12. The summed E-state index contributed by atoms with van der Waals surface area (Å²) < 4.78 is 10.4. The van der Waals surface area contributed by atoms with Gasteiger partial charge in [0.05, 0.1) is 18.9 Å². The smallest absolute Gasteiger partial charge is 0.205 e. The number of rotatable bonds is 4. The maximum absolute atomic E-state index is 12.4. The van der Waals surface area contributed by atoms with Crippen LogP contribution in [0.1, 0.15) is 15.9 Å². The van der Waals surface area contributed by atoms with Gasteiger partial charge in [-0.15, -0.1) is 0 Å². The number of phenolic OH excluding ortho intramolecular Hbond substituents is 2. The fourth-order valence-corrected chi connectivity index (χ4v) is 2.34. The van der Waals surface area contributed by atoms with Crippen LogP contribution in [-0.2, 0) is 0 Å². The minimum Gasteiger partial charge on any atom is -0.508 e. The highest BCUT2D eigenvalue weighted by Gasteiger charge is 2.19. The number of phenols is 2. The third kappa shape index (κ3) is 2.76. The molecule has 0 saturated carbocycles. The molecule has 0 aliphatic carbocycles. The minimum absolute atomic E-state index is 0.115. The summed E-state index contributed by atoms with van der Waals surface area (Å²) in [5, 5.41) is 20.3. The first-order valence-corrected chi connectivity index (χ1v) is 6.88. The van der Waals surface area contributed by atoms with Gasteiger partial charge in [-0.25, -0.2) is 0 Å². The zero-order valence-corrected chi connectivity index (χ0v) is 12.3. The maximum atomic E-state index is 12.4. The van der Waals surface area contributed by atoms with E-state index in [1.165, 1.54) is 25.5 Å². The van der Waals surface area contributed by atoms with E-state index in [2.05, 4.69) is 0 Å². The first-order chi connectivity index (χ1) is 11.1. The molecular formula is C18H14O5. The van der Waals surface area contributed by atoms with E-state index < -0.39 is 0 Å². The van der Waals surface area contributed by atoms with Gasteiger partial charge in [-0.3, -0.25) is 4.79 Å². The van der Waals surface area contributed by atoms with Gasteiger partial charge in [-0.1, -0.05) is 18.2 Å². The molecule has 0 saturated heterocycles. The fraction of sp³-hybridized carbons (Fsp3) is 0.0556. The molecule has 0 amide bonds. The average Bonchev–Trinajstić information content (AvgIpc) is 3.00. The second-order valence-electron chi connectivity index (χ2n) is 4.94. The molecule has 0 bridgehead atoms. The highest BCUT2D eigenvalue weighted by Crippen LogP contribution is 2.38. The van der Waals surface area contributed by atoms with Crippen LogP contribution in [0.5, 0.6) is 17.2 Å². The van der Waals surface area contributed by atoms with Crippen molar-refractivity contribution < 1.29 is 24.2 Å². The van der Waals surface area contributed by atoms with Crippen LogP contribution in [0.2, 0.25) is 0 Å². The molecule has 0 fully saturated rings. The quantitative estimate of drug-likeness (QED) is 0.566. The van der Waals surface area contributed by atoms with Crippen molar-refractivity contribution in [2.24, 2.45) is 0 Å². The molecule has 2 aromatic carbocycles. The van der Waals surface area contributed by atoms with E-state index in [0.717, 1.165) is 0 Å². The summed E-state index contributed by atoms with van der Waals surface area (Å²) in [5.41, 5.74) is 1.18. The molecule has 0 unspecified atom stereocenters. The van der Waals surface area contributed by atoms with Gasteiger partial charge < -0.3 is 19.4 Å². The van der Waals surface area contributed by atoms with E-state index in [0.29, 0.717) is 16.5 Å². The summed E-state index contributed by atoms with van der Waals surface area (Å²) in [6.45, 7) is 0. The van der Waals surface area contributed by atoms with E-state index in [4.69, 9.17) is 9.15 Å². The highest BCUT2D eigenvalue weighted by molar-refractivity contribution is 6.11. The molecule has 0 aliphatic heterocycles. The van der Waals surface area contributed by atoms with Gasteiger partial charge in [0, 0.05) is 5.39 Å². The number of methoxy groups -OCH3 is 1. The van der Waals surface area contributed by atoms with Crippen LogP contribution in [-0.4, -0.2) is 23.1 Å². The molecular weight excluding hydrogens is 296 g/mol. The molecule has 116 valence electrons. The molecule has 1 heterocycles. The predicted molar refractivity (Wildman–Crippen MR) is 85.9 cm³/mol. The van der Waals surface area contributed by atoms with Crippen LogP contribution in [0.4, 0.5) is 0 Å². The Balaban J connectivity index is 1.99. The summed E-state index contributed by atoms with van der Waals surface area (Å²) >= 11 is 0. The molecule has 3 aromatic rings. The lowest BCUT2D eigenvalue weighted by atomic mass is 10.0. The average molecular weight is 310 g/mol. The van der Waals surface area contributed by atoms with Gasteiger partial charge in [0.2, 0.25) is 5.75 Å². The van der Waals surface area contributed by atoms with Crippen LogP contribution in [0.15, 0.2) is 53.2 Å². The van der Waals surface area contributed by atoms with Crippen molar-refractivity contribution in [3.8, 4) is 17.2 Å². The zero-order chi connectivity index (χ0) is 16.4. The van der Waals surface area contributed by atoms with Crippen LogP contribution >= 0.6 is 0 Å². The van der Waals surface area contributed by atoms with Gasteiger partial charge in [0.15, 0.2) is 17.1 Å². The lowest BCUT2D eigenvalue weighted by molar-refractivity contribution is 0.104. The van der Waals surface area contributed by atoms with Gasteiger partial charge >= 0.3 is 0 Å². The number of ketones is 1. The Kier molecular flexibility index (Phi) is 3.76. The van der Waals surface area contributed by atoms with Crippen molar-refractivity contribution in [1.82, 2.24) is 0 Å². The second kappa shape index (κ2) is 5.88. The number of furan rings is 1. The maximum Gasteiger partial charge on any atom is 0.205 e. The lowest BCUT2D eigenvalue weighted by Crippen LogP contribution is -1.97. The van der Waals surface area contributed by atoms with E-state index in [9.17, 15) is 15.0 Å². The monoisotopic (exact) mass is 310 g/mol. The molecule has 0 atom stereocenters. The van der Waals surface area contributed by atoms with Gasteiger partial charge in [0.25, 0.3) is 0 Å². The Bertz CT molecular complexity index is 905. The summed E-state index contributed by atoms with van der Waals surface area (Å²) in [6.07, 6.45) is 4.35. The van der Waals surface area contributed by atoms with Crippen molar-refractivity contribution in [2.75, 3.05) is 7.11 Å². The van der Waals surface area contributed by atoms with Crippen LogP contribution < -0.4 is 4.74 Å². The number of fused-ring (bicyclic) bond motifs is 1. The van der Waals surface area contributed by atoms with E-state index in [1.54, 1.807) is 36.4 Å².